The predicted octanol–water partition coefficient (Wildman–Crippen LogP) is 2.25. The lowest BCUT2D eigenvalue weighted by atomic mass is 9.83. The molecule has 0 heterocycles. The quantitative estimate of drug-likeness (QED) is 0.674. The zero-order valence-electron chi connectivity index (χ0n) is 10.9. The summed E-state index contributed by atoms with van der Waals surface area (Å²) in [6.07, 6.45) is 4.63. The molecule has 1 aromatic carbocycles. The average molecular weight is 272 g/mol. The fraction of sp³-hybridized carbons (Fsp3) is 0.375. The molecule has 20 heavy (non-hydrogen) atoms. The van der Waals surface area contributed by atoms with E-state index in [1.807, 2.05) is 42.5 Å². The number of rotatable bonds is 4. The van der Waals surface area contributed by atoms with E-state index in [4.69, 9.17) is 4.74 Å². The number of carboxylic acid groups (broad SMARTS) is 1. The van der Waals surface area contributed by atoms with Crippen LogP contribution in [0.4, 0.5) is 0 Å². The molecule has 4 atom stereocenters. The van der Waals surface area contributed by atoms with Crippen molar-refractivity contribution in [3.8, 4) is 0 Å². The van der Waals surface area contributed by atoms with Gasteiger partial charge in [-0.05, 0) is 23.8 Å². The molecular formula is C16H16O4. The van der Waals surface area contributed by atoms with Crippen LogP contribution in [-0.2, 0) is 20.9 Å². The van der Waals surface area contributed by atoms with Crippen molar-refractivity contribution in [3.05, 3.63) is 48.0 Å². The average Bonchev–Trinajstić information content (AvgIpc) is 3.06. The number of allylic oxidation sites excluding steroid dienone is 2. The Kier molecular flexibility index (Phi) is 3.30. The van der Waals surface area contributed by atoms with Gasteiger partial charge in [0, 0.05) is 0 Å². The van der Waals surface area contributed by atoms with Gasteiger partial charge in [0.05, 0.1) is 11.8 Å². The van der Waals surface area contributed by atoms with Crippen LogP contribution < -0.4 is 0 Å². The molecule has 0 aliphatic heterocycles. The molecule has 0 aromatic heterocycles. The minimum Gasteiger partial charge on any atom is -0.481 e. The minimum absolute atomic E-state index is 0.0179. The van der Waals surface area contributed by atoms with Gasteiger partial charge in [0.25, 0.3) is 0 Å². The molecule has 2 aliphatic rings. The van der Waals surface area contributed by atoms with Crippen LogP contribution in [0, 0.1) is 23.7 Å². The molecule has 104 valence electrons. The lowest BCUT2D eigenvalue weighted by molar-refractivity contribution is -0.159. The minimum atomic E-state index is -0.900. The summed E-state index contributed by atoms with van der Waals surface area (Å²) in [5.41, 5.74) is 0.909. The third kappa shape index (κ3) is 2.22. The largest absolute Gasteiger partial charge is 0.481 e. The number of esters is 1. The van der Waals surface area contributed by atoms with E-state index in [0.29, 0.717) is 0 Å². The highest BCUT2D eigenvalue weighted by atomic mass is 16.5. The van der Waals surface area contributed by atoms with Gasteiger partial charge >= 0.3 is 11.9 Å². The molecule has 0 amide bonds. The van der Waals surface area contributed by atoms with Crippen molar-refractivity contribution in [2.24, 2.45) is 23.7 Å². The summed E-state index contributed by atoms with van der Waals surface area (Å²) in [5.74, 6) is -2.46. The number of carboxylic acids is 1. The molecule has 3 rings (SSSR count). The topological polar surface area (TPSA) is 63.6 Å². The molecule has 0 radical (unpaired) electrons. The van der Waals surface area contributed by atoms with Crippen LogP contribution in [0.3, 0.4) is 0 Å². The maximum absolute atomic E-state index is 12.2. The lowest BCUT2D eigenvalue weighted by Crippen LogP contribution is -2.34. The van der Waals surface area contributed by atoms with Gasteiger partial charge in [-0.1, -0.05) is 42.5 Å². The summed E-state index contributed by atoms with van der Waals surface area (Å²) in [6.45, 7) is 0.198. The maximum Gasteiger partial charge on any atom is 0.310 e. The van der Waals surface area contributed by atoms with Gasteiger partial charge in [-0.15, -0.1) is 0 Å². The Morgan fingerprint density at radius 2 is 1.75 bits per heavy atom. The molecule has 1 saturated carbocycles. The van der Waals surface area contributed by atoms with E-state index in [0.717, 1.165) is 12.0 Å². The van der Waals surface area contributed by atoms with Crippen LogP contribution in [0.2, 0.25) is 0 Å². The molecule has 1 fully saturated rings. The summed E-state index contributed by atoms with van der Waals surface area (Å²) in [4.78, 5) is 23.5. The second kappa shape index (κ2) is 5.12. The second-order valence-electron chi connectivity index (χ2n) is 5.43. The predicted molar refractivity (Wildman–Crippen MR) is 71.6 cm³/mol. The number of ether oxygens (including phenoxy) is 1. The zero-order chi connectivity index (χ0) is 14.1. The number of fused-ring (bicyclic) bond motifs is 2. The third-order valence-electron chi connectivity index (χ3n) is 4.24. The van der Waals surface area contributed by atoms with E-state index in [9.17, 15) is 14.7 Å². The standard InChI is InChI=1S/C16H16O4/c17-15(18)13-11-6-7-12(8-11)14(13)16(19)20-9-10-4-2-1-3-5-10/h1-7,11-14H,8-9H2,(H,17,18)/t11-,12+,13-,14-/m1/s1. The van der Waals surface area contributed by atoms with Crippen LogP contribution in [-0.4, -0.2) is 17.0 Å². The first-order valence-corrected chi connectivity index (χ1v) is 6.78. The lowest BCUT2D eigenvalue weighted by Gasteiger charge is -2.23. The Morgan fingerprint density at radius 1 is 1.10 bits per heavy atom. The summed E-state index contributed by atoms with van der Waals surface area (Å²) in [7, 11) is 0. The van der Waals surface area contributed by atoms with E-state index in [-0.39, 0.29) is 18.4 Å². The van der Waals surface area contributed by atoms with Gasteiger partial charge in [0.15, 0.2) is 0 Å². The summed E-state index contributed by atoms with van der Waals surface area (Å²) in [6, 6.07) is 9.41. The molecule has 4 heteroatoms. The molecule has 0 unspecified atom stereocenters. The smallest absolute Gasteiger partial charge is 0.310 e. The molecule has 4 nitrogen and oxygen atoms in total. The Bertz CT molecular complexity index is 549. The number of hydrogen-bond donors (Lipinski definition) is 1. The number of carbonyl (C=O) groups is 2. The molecule has 2 aliphatic carbocycles. The van der Waals surface area contributed by atoms with Crippen molar-refractivity contribution < 1.29 is 19.4 Å². The van der Waals surface area contributed by atoms with E-state index < -0.39 is 23.8 Å². The summed E-state index contributed by atoms with van der Waals surface area (Å²) >= 11 is 0. The number of aliphatic carboxylic acids is 1. The van der Waals surface area contributed by atoms with Crippen molar-refractivity contribution in [1.29, 1.82) is 0 Å². The Balaban J connectivity index is 1.68. The summed E-state index contributed by atoms with van der Waals surface area (Å²) in [5, 5.41) is 9.30. The molecule has 0 saturated heterocycles. The van der Waals surface area contributed by atoms with Gasteiger partial charge in [-0.3, -0.25) is 9.59 Å². The van der Waals surface area contributed by atoms with Crippen molar-refractivity contribution in [2.45, 2.75) is 13.0 Å². The maximum atomic E-state index is 12.2. The van der Waals surface area contributed by atoms with Crippen LogP contribution in [0.1, 0.15) is 12.0 Å². The highest BCUT2D eigenvalue weighted by Gasteiger charge is 2.52. The van der Waals surface area contributed by atoms with Gasteiger partial charge in [-0.2, -0.15) is 0 Å². The fourth-order valence-electron chi connectivity index (χ4n) is 3.31. The Labute approximate surface area is 117 Å². The summed E-state index contributed by atoms with van der Waals surface area (Å²) < 4.78 is 5.31. The first kappa shape index (κ1) is 12.9. The number of benzene rings is 1. The van der Waals surface area contributed by atoms with Gasteiger partial charge < -0.3 is 9.84 Å². The Hall–Kier alpha value is -2.10. The number of carbonyl (C=O) groups excluding carboxylic acids is 1. The van der Waals surface area contributed by atoms with Crippen molar-refractivity contribution in [2.75, 3.05) is 0 Å². The second-order valence-corrected chi connectivity index (χ2v) is 5.43. The normalized spacial score (nSPS) is 30.4. The third-order valence-corrected chi connectivity index (χ3v) is 4.24. The molecule has 2 bridgehead atoms. The van der Waals surface area contributed by atoms with Crippen LogP contribution in [0.15, 0.2) is 42.5 Å². The van der Waals surface area contributed by atoms with Crippen molar-refractivity contribution in [1.82, 2.24) is 0 Å². The van der Waals surface area contributed by atoms with E-state index >= 15 is 0 Å². The SMILES string of the molecule is O=C(O)[C@H]1[C@H](C(=O)OCc2ccccc2)[C@H]2C=C[C@@H]1C2. The van der Waals surface area contributed by atoms with E-state index in [1.54, 1.807) is 0 Å². The van der Waals surface area contributed by atoms with Crippen LogP contribution in [0.5, 0.6) is 0 Å². The highest BCUT2D eigenvalue weighted by molar-refractivity contribution is 5.83. The zero-order valence-corrected chi connectivity index (χ0v) is 10.9. The molecule has 1 aromatic rings. The monoisotopic (exact) mass is 272 g/mol. The van der Waals surface area contributed by atoms with E-state index in [2.05, 4.69) is 0 Å². The van der Waals surface area contributed by atoms with Crippen LogP contribution in [0.25, 0.3) is 0 Å². The highest BCUT2D eigenvalue weighted by Crippen LogP contribution is 2.48. The fourth-order valence-corrected chi connectivity index (χ4v) is 3.31. The molecule has 0 spiro atoms. The van der Waals surface area contributed by atoms with Gasteiger partial charge in [0.1, 0.15) is 6.61 Å². The van der Waals surface area contributed by atoms with Gasteiger partial charge in [-0.25, -0.2) is 0 Å². The van der Waals surface area contributed by atoms with Gasteiger partial charge in [0.2, 0.25) is 0 Å². The first-order chi connectivity index (χ1) is 9.66. The first-order valence-electron chi connectivity index (χ1n) is 6.78. The van der Waals surface area contributed by atoms with Crippen molar-refractivity contribution in [3.63, 3.8) is 0 Å². The van der Waals surface area contributed by atoms with Crippen LogP contribution >= 0.6 is 0 Å². The molecule has 1 N–H and O–H groups in total. The Morgan fingerprint density at radius 3 is 2.40 bits per heavy atom. The number of hydrogen-bond acceptors (Lipinski definition) is 3. The van der Waals surface area contributed by atoms with Crippen molar-refractivity contribution >= 4 is 11.9 Å². The molecular weight excluding hydrogens is 256 g/mol. The van der Waals surface area contributed by atoms with E-state index in [1.165, 1.54) is 0 Å².